The molecule has 1 aliphatic heterocycles. The van der Waals surface area contributed by atoms with Gasteiger partial charge >= 0.3 is 0 Å². The first-order chi connectivity index (χ1) is 14.8. The lowest BCUT2D eigenvalue weighted by atomic mass is 9.96. The van der Waals surface area contributed by atoms with E-state index in [9.17, 15) is 13.2 Å². The fourth-order valence-corrected chi connectivity index (χ4v) is 5.67. The Labute approximate surface area is 188 Å². The van der Waals surface area contributed by atoms with Crippen molar-refractivity contribution in [1.29, 1.82) is 0 Å². The maximum absolute atomic E-state index is 13.1. The topological polar surface area (TPSA) is 84.9 Å². The summed E-state index contributed by atoms with van der Waals surface area (Å²) in [5, 5.41) is 3.35. The molecule has 1 aliphatic rings. The molecule has 0 spiro atoms. The zero-order valence-electron chi connectivity index (χ0n) is 17.8. The predicted molar refractivity (Wildman–Crippen MR) is 119 cm³/mol. The second kappa shape index (κ2) is 9.89. The molecule has 31 heavy (non-hydrogen) atoms. The molecular formula is C22H27ClN2O5S. The summed E-state index contributed by atoms with van der Waals surface area (Å²) in [6.07, 6.45) is 0.874. The average molecular weight is 467 g/mol. The molecule has 168 valence electrons. The van der Waals surface area contributed by atoms with Crippen LogP contribution in [0.2, 0.25) is 5.02 Å². The van der Waals surface area contributed by atoms with Crippen molar-refractivity contribution in [2.75, 3.05) is 27.3 Å². The van der Waals surface area contributed by atoms with Crippen molar-refractivity contribution in [2.45, 2.75) is 30.7 Å². The standard InChI is InChI=1S/C22H27ClN2O5S/c1-15(18-6-4-5-7-19(18)29-2)24-22(26)16-10-12-25(13-11-16)31(27,28)21-14-17(23)8-9-20(21)30-3/h4-9,14-16H,10-13H2,1-3H3,(H,24,26). The molecule has 9 heteroatoms. The quantitative estimate of drug-likeness (QED) is 0.673. The summed E-state index contributed by atoms with van der Waals surface area (Å²) >= 11 is 6.00. The number of rotatable bonds is 7. The largest absolute Gasteiger partial charge is 0.496 e. The van der Waals surface area contributed by atoms with E-state index in [-0.39, 0.29) is 41.6 Å². The lowest BCUT2D eigenvalue weighted by molar-refractivity contribution is -0.126. The Morgan fingerprint density at radius 3 is 2.39 bits per heavy atom. The first kappa shape index (κ1) is 23.4. The third-order valence-electron chi connectivity index (χ3n) is 5.53. The molecule has 0 aromatic heterocycles. The molecule has 0 radical (unpaired) electrons. The predicted octanol–water partition coefficient (Wildman–Crippen LogP) is 3.64. The second-order valence-electron chi connectivity index (χ2n) is 7.45. The van der Waals surface area contributed by atoms with Gasteiger partial charge in [0.05, 0.1) is 20.3 Å². The van der Waals surface area contributed by atoms with Crippen molar-refractivity contribution in [1.82, 2.24) is 9.62 Å². The number of amides is 1. The highest BCUT2D eigenvalue weighted by atomic mass is 35.5. The number of nitrogens with one attached hydrogen (secondary N) is 1. The van der Waals surface area contributed by atoms with E-state index >= 15 is 0 Å². The smallest absolute Gasteiger partial charge is 0.246 e. The summed E-state index contributed by atoms with van der Waals surface area (Å²) in [5.74, 6) is 0.613. The Morgan fingerprint density at radius 2 is 1.74 bits per heavy atom. The third-order valence-corrected chi connectivity index (χ3v) is 7.69. The normalized spacial score (nSPS) is 16.5. The molecule has 2 aromatic carbocycles. The second-order valence-corrected chi connectivity index (χ2v) is 9.79. The molecule has 1 unspecified atom stereocenters. The molecular weight excluding hydrogens is 440 g/mol. The number of para-hydroxylation sites is 1. The van der Waals surface area contributed by atoms with Crippen molar-refractivity contribution in [2.24, 2.45) is 5.92 Å². The van der Waals surface area contributed by atoms with E-state index in [4.69, 9.17) is 21.1 Å². The van der Waals surface area contributed by atoms with Crippen LogP contribution in [-0.2, 0) is 14.8 Å². The molecule has 0 saturated carbocycles. The number of hydrogen-bond acceptors (Lipinski definition) is 5. The molecule has 1 atom stereocenters. The van der Waals surface area contributed by atoms with Crippen LogP contribution in [0.15, 0.2) is 47.4 Å². The van der Waals surface area contributed by atoms with Crippen molar-refractivity contribution < 1.29 is 22.7 Å². The lowest BCUT2D eigenvalue weighted by Crippen LogP contribution is -2.43. The van der Waals surface area contributed by atoms with Crippen LogP contribution in [0.4, 0.5) is 0 Å². The Hall–Kier alpha value is -2.29. The SMILES string of the molecule is COc1ccccc1C(C)NC(=O)C1CCN(S(=O)(=O)c2cc(Cl)ccc2OC)CC1. The van der Waals surface area contributed by atoms with Gasteiger partial charge in [-0.25, -0.2) is 8.42 Å². The van der Waals surface area contributed by atoms with Crippen molar-refractivity contribution in [3.05, 3.63) is 53.1 Å². The van der Waals surface area contributed by atoms with Crippen molar-refractivity contribution in [3.8, 4) is 11.5 Å². The van der Waals surface area contributed by atoms with Crippen LogP contribution in [0.25, 0.3) is 0 Å². The summed E-state index contributed by atoms with van der Waals surface area (Å²) in [4.78, 5) is 12.8. The molecule has 1 amide bonds. The van der Waals surface area contributed by atoms with Gasteiger partial charge in [0.15, 0.2) is 0 Å². The first-order valence-corrected chi connectivity index (χ1v) is 11.9. The molecule has 1 saturated heterocycles. The van der Waals surface area contributed by atoms with Gasteiger partial charge in [-0.15, -0.1) is 0 Å². The van der Waals surface area contributed by atoms with E-state index in [0.717, 1.165) is 5.56 Å². The van der Waals surface area contributed by atoms with Gasteiger partial charge in [0.25, 0.3) is 0 Å². The van der Waals surface area contributed by atoms with E-state index in [0.29, 0.717) is 23.6 Å². The zero-order valence-corrected chi connectivity index (χ0v) is 19.4. The molecule has 1 N–H and O–H groups in total. The van der Waals surface area contributed by atoms with Gasteiger partial charge in [-0.1, -0.05) is 29.8 Å². The van der Waals surface area contributed by atoms with Gasteiger partial charge in [-0.3, -0.25) is 4.79 Å². The minimum atomic E-state index is -3.78. The van der Waals surface area contributed by atoms with E-state index in [1.807, 2.05) is 31.2 Å². The fraction of sp³-hybridized carbons (Fsp3) is 0.409. The van der Waals surface area contributed by atoms with Gasteiger partial charge < -0.3 is 14.8 Å². The van der Waals surface area contributed by atoms with Crippen LogP contribution >= 0.6 is 11.6 Å². The molecule has 0 aliphatic carbocycles. The lowest BCUT2D eigenvalue weighted by Gasteiger charge is -2.31. The Morgan fingerprint density at radius 1 is 1.10 bits per heavy atom. The van der Waals surface area contributed by atoms with Crippen LogP contribution < -0.4 is 14.8 Å². The molecule has 1 fully saturated rings. The maximum Gasteiger partial charge on any atom is 0.246 e. The minimum Gasteiger partial charge on any atom is -0.496 e. The highest BCUT2D eigenvalue weighted by Gasteiger charge is 2.34. The van der Waals surface area contributed by atoms with Crippen LogP contribution in [0.1, 0.15) is 31.4 Å². The number of benzene rings is 2. The monoisotopic (exact) mass is 466 g/mol. The average Bonchev–Trinajstić information content (AvgIpc) is 2.79. The van der Waals surface area contributed by atoms with Gasteiger partial charge in [-0.2, -0.15) is 4.31 Å². The number of carbonyl (C=O) groups is 1. The summed E-state index contributed by atoms with van der Waals surface area (Å²) in [7, 11) is -0.762. The fourth-order valence-electron chi connectivity index (χ4n) is 3.78. The van der Waals surface area contributed by atoms with Crippen molar-refractivity contribution in [3.63, 3.8) is 0 Å². The van der Waals surface area contributed by atoms with Crippen LogP contribution in [-0.4, -0.2) is 45.9 Å². The molecule has 3 rings (SSSR count). The third kappa shape index (κ3) is 5.14. The Bertz CT molecular complexity index is 1040. The summed E-state index contributed by atoms with van der Waals surface area (Å²) in [5.41, 5.74) is 0.895. The molecule has 0 bridgehead atoms. The van der Waals surface area contributed by atoms with Crippen LogP contribution in [0, 0.1) is 5.92 Å². The zero-order chi connectivity index (χ0) is 22.6. The summed E-state index contributed by atoms with van der Waals surface area (Å²) < 4.78 is 38.2. The van der Waals surface area contributed by atoms with Gasteiger partial charge in [0, 0.05) is 29.6 Å². The molecule has 7 nitrogen and oxygen atoms in total. The van der Waals surface area contributed by atoms with Gasteiger partial charge in [-0.05, 0) is 44.0 Å². The minimum absolute atomic E-state index is 0.0372. The number of methoxy groups -OCH3 is 2. The number of nitrogens with zero attached hydrogens (tertiary/aromatic N) is 1. The number of sulfonamides is 1. The van der Waals surface area contributed by atoms with Gasteiger partial charge in [0.2, 0.25) is 15.9 Å². The maximum atomic E-state index is 13.1. The summed E-state index contributed by atoms with van der Waals surface area (Å²) in [6, 6.07) is 11.8. The highest BCUT2D eigenvalue weighted by molar-refractivity contribution is 7.89. The van der Waals surface area contributed by atoms with Crippen LogP contribution in [0.3, 0.4) is 0 Å². The van der Waals surface area contributed by atoms with E-state index in [2.05, 4.69) is 5.32 Å². The Balaban J connectivity index is 1.65. The van der Waals surface area contributed by atoms with Crippen molar-refractivity contribution >= 4 is 27.5 Å². The number of hydrogen-bond donors (Lipinski definition) is 1. The molecule has 1 heterocycles. The van der Waals surface area contributed by atoms with E-state index in [1.165, 1.54) is 23.5 Å². The highest BCUT2D eigenvalue weighted by Crippen LogP contribution is 2.32. The number of piperidine rings is 1. The Kier molecular flexibility index (Phi) is 7.46. The number of halogens is 1. The number of carbonyl (C=O) groups excluding carboxylic acids is 1. The number of ether oxygens (including phenoxy) is 2. The van der Waals surface area contributed by atoms with E-state index in [1.54, 1.807) is 13.2 Å². The van der Waals surface area contributed by atoms with Gasteiger partial charge in [0.1, 0.15) is 16.4 Å². The first-order valence-electron chi connectivity index (χ1n) is 10.0. The van der Waals surface area contributed by atoms with Crippen LogP contribution in [0.5, 0.6) is 11.5 Å². The summed E-state index contributed by atoms with van der Waals surface area (Å²) in [6.45, 7) is 2.40. The molecule has 2 aromatic rings. The van der Waals surface area contributed by atoms with E-state index < -0.39 is 10.0 Å².